The van der Waals surface area contributed by atoms with Crippen LogP contribution in [0.25, 0.3) is 11.1 Å². The molecule has 0 amide bonds. The third kappa shape index (κ3) is 13.4. The number of rotatable bonds is 16. The van der Waals surface area contributed by atoms with E-state index in [0.29, 0.717) is 19.6 Å². The van der Waals surface area contributed by atoms with E-state index in [2.05, 4.69) is 111 Å². The van der Waals surface area contributed by atoms with Gasteiger partial charge in [-0.2, -0.15) is 30.3 Å². The van der Waals surface area contributed by atoms with E-state index in [1.807, 2.05) is 30.3 Å². The maximum Gasteiger partial charge on any atom is 2.00 e. The summed E-state index contributed by atoms with van der Waals surface area (Å²) in [5, 5.41) is 9.62. The van der Waals surface area contributed by atoms with Gasteiger partial charge >= 0.3 is 17.1 Å². The maximum absolute atomic E-state index is 9.62. The maximum atomic E-state index is 9.62. The Morgan fingerprint density at radius 3 is 1.53 bits per heavy atom. The SMILES string of the molecule is CN(C)CCCOc1ccc(C(=C(CCCO)[c-]2cccc2)c2ccc(OCCCN(C)C)cc2)cc1.[Fe+2].c1cc[cH-]c1. The smallest absolute Gasteiger partial charge is 0.494 e. The Morgan fingerprint density at radius 2 is 1.16 bits per heavy atom. The van der Waals surface area contributed by atoms with Crippen LogP contribution in [-0.2, 0) is 17.1 Å². The molecule has 4 aromatic rings. The first-order chi connectivity index (χ1) is 20.5. The molecule has 0 aromatic heterocycles. The molecule has 0 saturated carbocycles. The minimum absolute atomic E-state index is 0. The van der Waals surface area contributed by atoms with Gasteiger partial charge in [0.1, 0.15) is 11.5 Å². The number of nitrogens with zero attached hydrogens (tertiary/aromatic N) is 2. The number of aliphatic hydroxyl groups excluding tert-OH is 1. The standard InChI is InChI=1S/C32H43N2O3.C5H5.Fe/c1-33(2)21-8-24-36-29-17-13-27(14-18-29)32(31(12-7-23-35)26-10-5-6-11-26)28-15-19-30(20-16-28)37-25-9-22-34(3)4;1-2-4-5-3-1;/h5-6,10-11,13-20,35H,7-9,12,21-25H2,1-4H3;1-5H;/q2*-1;+2. The molecule has 0 heterocycles. The van der Waals surface area contributed by atoms with Crippen LogP contribution in [0.2, 0.25) is 0 Å². The van der Waals surface area contributed by atoms with Gasteiger partial charge in [-0.15, -0.1) is 23.3 Å². The molecule has 0 saturated heterocycles. The van der Waals surface area contributed by atoms with Crippen molar-refractivity contribution in [2.24, 2.45) is 0 Å². The molecular weight excluding hydrogens is 576 g/mol. The van der Waals surface area contributed by atoms with Crippen molar-refractivity contribution in [2.45, 2.75) is 25.7 Å². The summed E-state index contributed by atoms with van der Waals surface area (Å²) in [7, 11) is 8.31. The summed E-state index contributed by atoms with van der Waals surface area (Å²) >= 11 is 0. The second-order valence-corrected chi connectivity index (χ2v) is 10.9. The van der Waals surface area contributed by atoms with E-state index in [1.54, 1.807) is 0 Å². The molecule has 0 aliphatic rings. The molecule has 0 aliphatic carbocycles. The van der Waals surface area contributed by atoms with Gasteiger partial charge < -0.3 is 24.4 Å². The van der Waals surface area contributed by atoms with Gasteiger partial charge in [-0.05, 0) is 78.1 Å². The summed E-state index contributed by atoms with van der Waals surface area (Å²) in [5.41, 5.74) is 5.87. The predicted molar refractivity (Wildman–Crippen MR) is 177 cm³/mol. The van der Waals surface area contributed by atoms with E-state index in [0.717, 1.165) is 55.0 Å². The Kier molecular flexibility index (Phi) is 17.4. The molecule has 4 rings (SSSR count). The van der Waals surface area contributed by atoms with Gasteiger partial charge in [-0.1, -0.05) is 41.0 Å². The first kappa shape index (κ1) is 36.1. The quantitative estimate of drug-likeness (QED) is 0.0812. The Bertz CT molecular complexity index is 1170. The Hall–Kier alpha value is -3.12. The fraction of sp³-hybridized carbons (Fsp3) is 0.351. The first-order valence-electron chi connectivity index (χ1n) is 15.0. The van der Waals surface area contributed by atoms with Gasteiger partial charge in [-0.3, -0.25) is 0 Å². The van der Waals surface area contributed by atoms with Gasteiger partial charge in [0.2, 0.25) is 0 Å². The molecule has 4 aromatic carbocycles. The molecule has 0 radical (unpaired) electrons. The molecule has 0 unspecified atom stereocenters. The van der Waals surface area contributed by atoms with Gasteiger partial charge in [0, 0.05) is 19.7 Å². The van der Waals surface area contributed by atoms with E-state index in [9.17, 15) is 5.11 Å². The molecule has 5 nitrogen and oxygen atoms in total. The van der Waals surface area contributed by atoms with Crippen molar-refractivity contribution in [3.63, 3.8) is 0 Å². The van der Waals surface area contributed by atoms with Crippen LogP contribution in [0.1, 0.15) is 42.4 Å². The van der Waals surface area contributed by atoms with Crippen LogP contribution >= 0.6 is 0 Å². The van der Waals surface area contributed by atoms with Gasteiger partial charge in [0.05, 0.1) is 13.2 Å². The van der Waals surface area contributed by atoms with Gasteiger partial charge in [0.25, 0.3) is 0 Å². The molecule has 1 N–H and O–H groups in total. The van der Waals surface area contributed by atoms with Crippen LogP contribution in [0, 0.1) is 0 Å². The largest absolute Gasteiger partial charge is 2.00 e. The van der Waals surface area contributed by atoms with E-state index in [4.69, 9.17) is 9.47 Å². The minimum atomic E-state index is 0. The number of benzene rings is 2. The summed E-state index contributed by atoms with van der Waals surface area (Å²) in [6.07, 6.45) is 3.49. The van der Waals surface area contributed by atoms with Crippen molar-refractivity contribution in [3.05, 3.63) is 120 Å². The molecule has 0 aliphatic heterocycles. The van der Waals surface area contributed by atoms with Crippen LogP contribution in [0.3, 0.4) is 0 Å². The van der Waals surface area contributed by atoms with Crippen molar-refractivity contribution in [3.8, 4) is 11.5 Å². The van der Waals surface area contributed by atoms with Gasteiger partial charge in [-0.25, -0.2) is 12.1 Å². The fourth-order valence-corrected chi connectivity index (χ4v) is 4.66. The summed E-state index contributed by atoms with van der Waals surface area (Å²) in [6, 6.07) is 35.2. The van der Waals surface area contributed by atoms with Crippen LogP contribution in [-0.4, -0.2) is 76.0 Å². The van der Waals surface area contributed by atoms with E-state index in [1.165, 1.54) is 16.7 Å². The zero-order chi connectivity index (χ0) is 30.0. The van der Waals surface area contributed by atoms with E-state index >= 15 is 0 Å². The van der Waals surface area contributed by atoms with Crippen molar-refractivity contribution >= 4 is 11.1 Å². The topological polar surface area (TPSA) is 45.2 Å². The average Bonchev–Trinajstić information content (AvgIpc) is 3.75. The van der Waals surface area contributed by atoms with Crippen molar-refractivity contribution in [2.75, 3.05) is 61.1 Å². The monoisotopic (exact) mass is 624 g/mol. The molecule has 0 fully saturated rings. The fourth-order valence-electron chi connectivity index (χ4n) is 4.66. The van der Waals surface area contributed by atoms with Gasteiger partial charge in [0.15, 0.2) is 0 Å². The van der Waals surface area contributed by atoms with E-state index < -0.39 is 0 Å². The summed E-state index contributed by atoms with van der Waals surface area (Å²) in [6.45, 7) is 3.58. The molecule has 43 heavy (non-hydrogen) atoms. The molecule has 0 bridgehead atoms. The molecule has 0 atom stereocenters. The minimum Gasteiger partial charge on any atom is -0.494 e. The normalized spacial score (nSPS) is 10.6. The van der Waals surface area contributed by atoms with Crippen LogP contribution in [0.5, 0.6) is 11.5 Å². The second-order valence-electron chi connectivity index (χ2n) is 10.9. The molecule has 0 spiro atoms. The number of allylic oxidation sites excluding steroid dienone is 1. The predicted octanol–water partition coefficient (Wildman–Crippen LogP) is 7.20. The molecule has 6 heteroatoms. The van der Waals surface area contributed by atoms with Crippen LogP contribution in [0.4, 0.5) is 0 Å². The number of hydrogen-bond acceptors (Lipinski definition) is 5. The Labute approximate surface area is 270 Å². The Balaban J connectivity index is 0.000000973. The number of aliphatic hydroxyl groups is 1. The summed E-state index contributed by atoms with van der Waals surface area (Å²) < 4.78 is 12.0. The molecular formula is C37H48FeN2O3. The summed E-state index contributed by atoms with van der Waals surface area (Å²) in [4.78, 5) is 4.34. The van der Waals surface area contributed by atoms with E-state index in [-0.39, 0.29) is 23.7 Å². The zero-order valence-electron chi connectivity index (χ0n) is 26.2. The third-order valence-electron chi connectivity index (χ3n) is 6.78. The first-order valence-corrected chi connectivity index (χ1v) is 15.0. The number of hydrogen-bond donors (Lipinski definition) is 1. The van der Waals surface area contributed by atoms with Crippen molar-refractivity contribution in [1.29, 1.82) is 0 Å². The zero-order valence-corrected chi connectivity index (χ0v) is 27.3. The third-order valence-corrected chi connectivity index (χ3v) is 6.78. The molecule has 232 valence electrons. The van der Waals surface area contributed by atoms with Crippen molar-refractivity contribution < 1.29 is 31.6 Å². The average molecular weight is 625 g/mol. The number of ether oxygens (including phenoxy) is 2. The van der Waals surface area contributed by atoms with Crippen LogP contribution in [0.15, 0.2) is 103 Å². The Morgan fingerprint density at radius 1 is 0.698 bits per heavy atom. The summed E-state index contributed by atoms with van der Waals surface area (Å²) in [5.74, 6) is 1.77. The van der Waals surface area contributed by atoms with Crippen LogP contribution < -0.4 is 9.47 Å². The second kappa shape index (κ2) is 20.7. The van der Waals surface area contributed by atoms with Crippen molar-refractivity contribution in [1.82, 2.24) is 9.80 Å².